The minimum atomic E-state index is -3.71. The van der Waals surface area contributed by atoms with E-state index in [1.807, 2.05) is 30.3 Å². The minimum Gasteiger partial charge on any atom is -0.383 e. The van der Waals surface area contributed by atoms with E-state index in [9.17, 15) is 13.2 Å². The summed E-state index contributed by atoms with van der Waals surface area (Å²) in [6.07, 6.45) is 0.829. The molecule has 0 unspecified atom stereocenters. The Bertz CT molecular complexity index is 1210. The van der Waals surface area contributed by atoms with E-state index in [-0.39, 0.29) is 29.5 Å². The molecule has 0 aliphatic heterocycles. The van der Waals surface area contributed by atoms with E-state index in [0.29, 0.717) is 5.69 Å². The first-order valence-corrected chi connectivity index (χ1v) is 11.1. The molecule has 0 aromatic heterocycles. The van der Waals surface area contributed by atoms with Gasteiger partial charge in [0.05, 0.1) is 11.5 Å². The van der Waals surface area contributed by atoms with Gasteiger partial charge in [0.2, 0.25) is 10.0 Å². The molecule has 1 aliphatic rings. The molecule has 1 amide bonds. The molecule has 1 aliphatic carbocycles. The Kier molecular flexibility index (Phi) is 5.67. The average Bonchev–Trinajstić information content (AvgIpc) is 3.11. The molecule has 0 atom stereocenters. The molecule has 30 heavy (non-hydrogen) atoms. The molecule has 3 aromatic rings. The number of rotatable bonds is 7. The number of benzene rings is 3. The Morgan fingerprint density at radius 2 is 1.77 bits per heavy atom. The van der Waals surface area contributed by atoms with E-state index < -0.39 is 10.0 Å². The highest BCUT2D eigenvalue weighted by molar-refractivity contribution is 7.89. The van der Waals surface area contributed by atoms with Crippen molar-refractivity contribution in [3.63, 3.8) is 0 Å². The first-order chi connectivity index (χ1) is 14.5. The van der Waals surface area contributed by atoms with E-state index in [2.05, 4.69) is 22.2 Å². The number of carbonyl (C=O) groups is 1. The lowest BCUT2D eigenvalue weighted by Gasteiger charge is -2.10. The maximum absolute atomic E-state index is 12.7. The molecule has 0 bridgehead atoms. The van der Waals surface area contributed by atoms with Crippen molar-refractivity contribution < 1.29 is 17.9 Å². The highest BCUT2D eigenvalue weighted by Crippen LogP contribution is 2.37. The minimum absolute atomic E-state index is 0.0376. The summed E-state index contributed by atoms with van der Waals surface area (Å²) in [6, 6.07) is 20.1. The van der Waals surface area contributed by atoms with Crippen LogP contribution in [0.4, 0.5) is 5.69 Å². The number of hydrogen-bond acceptors (Lipinski definition) is 4. The molecule has 2 N–H and O–H groups in total. The van der Waals surface area contributed by atoms with Crippen LogP contribution in [0.15, 0.2) is 71.6 Å². The Morgan fingerprint density at radius 1 is 0.967 bits per heavy atom. The number of methoxy groups -OCH3 is 1. The summed E-state index contributed by atoms with van der Waals surface area (Å²) >= 11 is 0. The lowest BCUT2D eigenvalue weighted by molar-refractivity contribution is 0.102. The van der Waals surface area contributed by atoms with Gasteiger partial charge in [0.15, 0.2) is 0 Å². The number of ether oxygens (including phenoxy) is 1. The summed E-state index contributed by atoms with van der Waals surface area (Å²) < 4.78 is 32.1. The Hall–Kier alpha value is -3.00. The van der Waals surface area contributed by atoms with Gasteiger partial charge < -0.3 is 10.1 Å². The van der Waals surface area contributed by atoms with Gasteiger partial charge in [0.1, 0.15) is 0 Å². The van der Waals surface area contributed by atoms with Crippen molar-refractivity contribution in [3.8, 4) is 11.1 Å². The number of nitrogens with one attached hydrogen (secondary N) is 2. The fraction of sp³-hybridized carbons (Fsp3) is 0.174. The molecule has 0 radical (unpaired) electrons. The first-order valence-electron chi connectivity index (χ1n) is 9.59. The molecule has 0 saturated heterocycles. The Balaban J connectivity index is 1.51. The van der Waals surface area contributed by atoms with Crippen molar-refractivity contribution in [2.45, 2.75) is 11.3 Å². The van der Waals surface area contributed by atoms with Gasteiger partial charge in [0, 0.05) is 24.9 Å². The normalized spacial score (nSPS) is 12.3. The van der Waals surface area contributed by atoms with Crippen molar-refractivity contribution in [2.75, 3.05) is 25.6 Å². The van der Waals surface area contributed by atoms with Crippen LogP contribution in [0.5, 0.6) is 0 Å². The van der Waals surface area contributed by atoms with Gasteiger partial charge in [-0.1, -0.05) is 36.4 Å². The molecular formula is C23H22N2O4S. The van der Waals surface area contributed by atoms with E-state index in [1.165, 1.54) is 35.9 Å². The second-order valence-corrected chi connectivity index (χ2v) is 8.85. The summed E-state index contributed by atoms with van der Waals surface area (Å²) in [7, 11) is -2.21. The van der Waals surface area contributed by atoms with Gasteiger partial charge in [-0.15, -0.1) is 0 Å². The Morgan fingerprint density at radius 3 is 2.60 bits per heavy atom. The zero-order valence-electron chi connectivity index (χ0n) is 16.5. The van der Waals surface area contributed by atoms with Crippen LogP contribution in [-0.4, -0.2) is 34.6 Å². The predicted octanol–water partition coefficient (Wildman–Crippen LogP) is 3.43. The smallest absolute Gasteiger partial charge is 0.255 e. The second kappa shape index (κ2) is 8.39. The van der Waals surface area contributed by atoms with Gasteiger partial charge in [-0.3, -0.25) is 4.79 Å². The van der Waals surface area contributed by atoms with Gasteiger partial charge in [0.25, 0.3) is 5.91 Å². The third kappa shape index (κ3) is 4.14. The zero-order chi connectivity index (χ0) is 21.1. The van der Waals surface area contributed by atoms with Crippen LogP contribution in [0.2, 0.25) is 0 Å². The molecular weight excluding hydrogens is 400 g/mol. The number of amides is 1. The van der Waals surface area contributed by atoms with Crippen LogP contribution in [-0.2, 0) is 21.2 Å². The summed E-state index contributed by atoms with van der Waals surface area (Å²) in [5.41, 5.74) is 5.79. The quantitative estimate of drug-likeness (QED) is 0.447. The SMILES string of the molecule is COCCNS(=O)(=O)c1cccc(C(=O)Nc2ccc3c(c2)Cc2ccccc2-3)c1. The number of sulfonamides is 1. The highest BCUT2D eigenvalue weighted by atomic mass is 32.2. The topological polar surface area (TPSA) is 84.5 Å². The van der Waals surface area contributed by atoms with Crippen LogP contribution in [0.25, 0.3) is 11.1 Å². The van der Waals surface area contributed by atoms with Crippen molar-refractivity contribution in [2.24, 2.45) is 0 Å². The van der Waals surface area contributed by atoms with Crippen LogP contribution in [0, 0.1) is 0 Å². The summed E-state index contributed by atoms with van der Waals surface area (Å²) in [4.78, 5) is 12.8. The lowest BCUT2D eigenvalue weighted by atomic mass is 10.1. The van der Waals surface area contributed by atoms with Gasteiger partial charge in [-0.2, -0.15) is 0 Å². The molecule has 6 nitrogen and oxygen atoms in total. The van der Waals surface area contributed by atoms with Crippen molar-refractivity contribution in [1.29, 1.82) is 0 Å². The lowest BCUT2D eigenvalue weighted by Crippen LogP contribution is -2.27. The van der Waals surface area contributed by atoms with Crippen molar-refractivity contribution in [1.82, 2.24) is 4.72 Å². The second-order valence-electron chi connectivity index (χ2n) is 7.08. The molecule has 0 heterocycles. The van der Waals surface area contributed by atoms with E-state index in [0.717, 1.165) is 12.0 Å². The third-order valence-electron chi connectivity index (χ3n) is 5.06. The van der Waals surface area contributed by atoms with Crippen molar-refractivity contribution >= 4 is 21.6 Å². The van der Waals surface area contributed by atoms with Gasteiger partial charge in [-0.25, -0.2) is 13.1 Å². The summed E-state index contributed by atoms with van der Waals surface area (Å²) in [5, 5.41) is 2.87. The van der Waals surface area contributed by atoms with E-state index in [4.69, 9.17) is 4.74 Å². The fourth-order valence-corrected chi connectivity index (χ4v) is 4.65. The van der Waals surface area contributed by atoms with Crippen LogP contribution in [0.3, 0.4) is 0 Å². The maximum Gasteiger partial charge on any atom is 0.255 e. The highest BCUT2D eigenvalue weighted by Gasteiger charge is 2.19. The molecule has 0 fully saturated rings. The van der Waals surface area contributed by atoms with Gasteiger partial charge in [-0.05, 0) is 59.0 Å². The number of carbonyl (C=O) groups excluding carboxylic acids is 1. The number of fused-ring (bicyclic) bond motifs is 3. The fourth-order valence-electron chi connectivity index (χ4n) is 3.59. The van der Waals surface area contributed by atoms with Crippen LogP contribution < -0.4 is 10.0 Å². The predicted molar refractivity (Wildman–Crippen MR) is 116 cm³/mol. The zero-order valence-corrected chi connectivity index (χ0v) is 17.3. The van der Waals surface area contributed by atoms with E-state index >= 15 is 0 Å². The molecule has 4 rings (SSSR count). The summed E-state index contributed by atoms with van der Waals surface area (Å²) in [5.74, 6) is -0.362. The van der Waals surface area contributed by atoms with Gasteiger partial charge >= 0.3 is 0 Å². The largest absolute Gasteiger partial charge is 0.383 e. The van der Waals surface area contributed by atoms with Crippen molar-refractivity contribution in [3.05, 3.63) is 83.4 Å². The monoisotopic (exact) mass is 422 g/mol. The maximum atomic E-state index is 12.7. The summed E-state index contributed by atoms with van der Waals surface area (Å²) in [6.45, 7) is 0.425. The molecule has 154 valence electrons. The number of hydrogen-bond donors (Lipinski definition) is 2. The molecule has 7 heteroatoms. The third-order valence-corrected chi connectivity index (χ3v) is 6.52. The van der Waals surface area contributed by atoms with E-state index in [1.54, 1.807) is 12.1 Å². The molecule has 0 spiro atoms. The number of anilines is 1. The van der Waals surface area contributed by atoms with Crippen LogP contribution >= 0.6 is 0 Å². The molecule has 0 saturated carbocycles. The Labute approximate surface area is 176 Å². The average molecular weight is 423 g/mol. The molecule has 3 aromatic carbocycles. The first kappa shape index (κ1) is 20.3. The van der Waals surface area contributed by atoms with Crippen LogP contribution in [0.1, 0.15) is 21.5 Å². The standard InChI is InChI=1S/C23H22N2O4S/c1-29-12-11-24-30(27,28)20-7-4-6-17(15-20)23(26)25-19-9-10-22-18(14-19)13-16-5-2-3-8-21(16)22/h2-10,14-15,24H,11-13H2,1H3,(H,25,26).